The Bertz CT molecular complexity index is 1100. The predicted octanol–water partition coefficient (Wildman–Crippen LogP) is 3.90. The van der Waals surface area contributed by atoms with Gasteiger partial charge in [-0.05, 0) is 41.7 Å². The fourth-order valence-electron chi connectivity index (χ4n) is 3.42. The lowest BCUT2D eigenvalue weighted by Crippen LogP contribution is -2.39. The van der Waals surface area contributed by atoms with Crippen molar-refractivity contribution in [3.63, 3.8) is 0 Å². The summed E-state index contributed by atoms with van der Waals surface area (Å²) in [5.41, 5.74) is 3.02. The van der Waals surface area contributed by atoms with Crippen LogP contribution in [-0.4, -0.2) is 39.1 Å². The highest BCUT2D eigenvalue weighted by Crippen LogP contribution is 2.21. The van der Waals surface area contributed by atoms with Crippen molar-refractivity contribution in [1.82, 2.24) is 10.3 Å². The largest absolute Gasteiger partial charge is 0.481 e. The molecule has 32 heavy (non-hydrogen) atoms. The van der Waals surface area contributed by atoms with Crippen LogP contribution in [0.2, 0.25) is 0 Å². The fourth-order valence-corrected chi connectivity index (χ4v) is 3.42. The van der Waals surface area contributed by atoms with Crippen molar-refractivity contribution < 1.29 is 24.6 Å². The Labute approximate surface area is 185 Å². The Morgan fingerprint density at radius 1 is 0.938 bits per heavy atom. The van der Waals surface area contributed by atoms with E-state index in [1.807, 2.05) is 54.6 Å². The topological polar surface area (TPSA) is 117 Å². The number of hydrogen-bond acceptors (Lipinski definition) is 4. The third kappa shape index (κ3) is 6.01. The molecule has 0 saturated carbocycles. The van der Waals surface area contributed by atoms with Crippen LogP contribution in [0.1, 0.15) is 39.8 Å². The summed E-state index contributed by atoms with van der Waals surface area (Å²) in [6.45, 7) is 1.59. The van der Waals surface area contributed by atoms with Gasteiger partial charge in [0.15, 0.2) is 0 Å². The van der Waals surface area contributed by atoms with Gasteiger partial charge in [-0.3, -0.25) is 14.6 Å². The molecule has 3 N–H and O–H groups in total. The highest BCUT2D eigenvalue weighted by molar-refractivity contribution is 5.96. The second-order valence-electron chi connectivity index (χ2n) is 7.65. The van der Waals surface area contributed by atoms with Gasteiger partial charge in [0.1, 0.15) is 5.69 Å². The van der Waals surface area contributed by atoms with E-state index in [2.05, 4.69) is 10.3 Å². The molecule has 0 saturated heterocycles. The Balaban J connectivity index is 1.77. The molecule has 7 heteroatoms. The molecule has 0 spiro atoms. The minimum Gasteiger partial charge on any atom is -0.481 e. The smallest absolute Gasteiger partial charge is 0.335 e. The average molecular weight is 432 g/mol. The number of carboxylic acid groups (broad SMARTS) is 2. The lowest BCUT2D eigenvalue weighted by Gasteiger charge is -2.21. The average Bonchev–Trinajstić information content (AvgIpc) is 2.80. The van der Waals surface area contributed by atoms with Gasteiger partial charge in [0.05, 0.1) is 11.5 Å². The number of pyridine rings is 1. The Morgan fingerprint density at radius 3 is 2.22 bits per heavy atom. The van der Waals surface area contributed by atoms with Crippen LogP contribution in [0.25, 0.3) is 11.1 Å². The molecular weight excluding hydrogens is 408 g/mol. The number of amides is 1. The summed E-state index contributed by atoms with van der Waals surface area (Å²) in [5, 5.41) is 21.3. The Hall–Kier alpha value is -4.00. The van der Waals surface area contributed by atoms with E-state index in [9.17, 15) is 19.5 Å². The van der Waals surface area contributed by atoms with Crippen LogP contribution >= 0.6 is 0 Å². The number of carbonyl (C=O) groups is 3. The third-order valence-electron chi connectivity index (χ3n) is 5.18. The maximum absolute atomic E-state index is 12.7. The standard InChI is InChI=1S/C25H24N2O5/c1-16(24(29)30)13-21(27-23(28)22-15-20(25(31)32)11-12-26-22)14-17-7-9-19(10-8-17)18-5-3-2-4-6-18/h2-12,15-16,21H,13-14H2,1H3,(H,27,28)(H,29,30)(H,31,32). The molecule has 1 amide bonds. The van der Waals surface area contributed by atoms with E-state index in [-0.39, 0.29) is 17.7 Å². The molecule has 0 bridgehead atoms. The maximum Gasteiger partial charge on any atom is 0.335 e. The molecule has 0 fully saturated rings. The number of nitrogens with zero attached hydrogens (tertiary/aromatic N) is 1. The Kier molecular flexibility index (Phi) is 7.33. The number of hydrogen-bond donors (Lipinski definition) is 3. The molecule has 0 aliphatic heterocycles. The summed E-state index contributed by atoms with van der Waals surface area (Å²) in [5.74, 6) is -3.32. The first-order chi connectivity index (χ1) is 15.3. The molecule has 1 heterocycles. The summed E-state index contributed by atoms with van der Waals surface area (Å²) >= 11 is 0. The van der Waals surface area contributed by atoms with Gasteiger partial charge in [0, 0.05) is 12.2 Å². The molecular formula is C25H24N2O5. The van der Waals surface area contributed by atoms with Gasteiger partial charge in [-0.15, -0.1) is 0 Å². The first-order valence-electron chi connectivity index (χ1n) is 10.2. The SMILES string of the molecule is CC(CC(Cc1ccc(-c2ccccc2)cc1)NC(=O)c1cc(C(=O)O)ccn1)C(=O)O. The van der Waals surface area contributed by atoms with E-state index in [1.165, 1.54) is 18.3 Å². The predicted molar refractivity (Wildman–Crippen MR) is 119 cm³/mol. The minimum atomic E-state index is -1.16. The lowest BCUT2D eigenvalue weighted by atomic mass is 9.95. The van der Waals surface area contributed by atoms with Crippen molar-refractivity contribution in [2.45, 2.75) is 25.8 Å². The molecule has 3 aromatic rings. The number of carboxylic acids is 2. The number of rotatable bonds is 9. The summed E-state index contributed by atoms with van der Waals surface area (Å²) < 4.78 is 0. The quantitative estimate of drug-likeness (QED) is 0.472. The van der Waals surface area contributed by atoms with Crippen molar-refractivity contribution in [3.8, 4) is 11.1 Å². The van der Waals surface area contributed by atoms with Gasteiger partial charge in [-0.2, -0.15) is 0 Å². The summed E-state index contributed by atoms with van der Waals surface area (Å²) in [6, 6.07) is 19.8. The number of aliphatic carboxylic acids is 1. The van der Waals surface area contributed by atoms with E-state index in [1.54, 1.807) is 6.92 Å². The van der Waals surface area contributed by atoms with E-state index >= 15 is 0 Å². The lowest BCUT2D eigenvalue weighted by molar-refractivity contribution is -0.141. The van der Waals surface area contributed by atoms with E-state index < -0.39 is 29.8 Å². The van der Waals surface area contributed by atoms with Gasteiger partial charge in [-0.25, -0.2) is 4.79 Å². The van der Waals surface area contributed by atoms with Crippen LogP contribution in [0.3, 0.4) is 0 Å². The van der Waals surface area contributed by atoms with E-state index in [0.717, 1.165) is 16.7 Å². The summed E-state index contributed by atoms with van der Waals surface area (Å²) in [7, 11) is 0. The number of carbonyl (C=O) groups excluding carboxylic acids is 1. The number of benzene rings is 2. The van der Waals surface area contributed by atoms with Crippen LogP contribution in [0.15, 0.2) is 72.9 Å². The first-order valence-corrected chi connectivity index (χ1v) is 10.2. The van der Waals surface area contributed by atoms with Crippen molar-refractivity contribution in [1.29, 1.82) is 0 Å². The highest BCUT2D eigenvalue weighted by Gasteiger charge is 2.22. The molecule has 2 unspecified atom stereocenters. The molecule has 0 aliphatic rings. The number of aromatic nitrogens is 1. The molecule has 1 aromatic heterocycles. The van der Waals surface area contributed by atoms with Crippen molar-refractivity contribution >= 4 is 17.8 Å². The summed E-state index contributed by atoms with van der Waals surface area (Å²) in [4.78, 5) is 39.2. The number of aromatic carboxylic acids is 1. The van der Waals surface area contributed by atoms with E-state index in [0.29, 0.717) is 6.42 Å². The van der Waals surface area contributed by atoms with Crippen molar-refractivity contribution in [2.24, 2.45) is 5.92 Å². The molecule has 0 radical (unpaired) electrons. The molecule has 2 atom stereocenters. The van der Waals surface area contributed by atoms with Crippen molar-refractivity contribution in [2.75, 3.05) is 0 Å². The van der Waals surface area contributed by atoms with E-state index in [4.69, 9.17) is 5.11 Å². The highest BCUT2D eigenvalue weighted by atomic mass is 16.4. The molecule has 0 aliphatic carbocycles. The van der Waals surface area contributed by atoms with Crippen LogP contribution in [0.4, 0.5) is 0 Å². The monoisotopic (exact) mass is 432 g/mol. The van der Waals surface area contributed by atoms with Gasteiger partial charge in [0.25, 0.3) is 5.91 Å². The Morgan fingerprint density at radius 2 is 1.59 bits per heavy atom. The van der Waals surface area contributed by atoms with Gasteiger partial charge in [0.2, 0.25) is 0 Å². The second-order valence-corrected chi connectivity index (χ2v) is 7.65. The molecule has 2 aromatic carbocycles. The van der Waals surface area contributed by atoms with Crippen LogP contribution in [0.5, 0.6) is 0 Å². The molecule has 7 nitrogen and oxygen atoms in total. The van der Waals surface area contributed by atoms with Gasteiger partial charge >= 0.3 is 11.9 Å². The third-order valence-corrected chi connectivity index (χ3v) is 5.18. The fraction of sp³-hybridized carbons (Fsp3) is 0.200. The minimum absolute atomic E-state index is 0.0303. The molecule has 3 rings (SSSR count). The second kappa shape index (κ2) is 10.3. The maximum atomic E-state index is 12.7. The zero-order valence-corrected chi connectivity index (χ0v) is 17.6. The normalized spacial score (nSPS) is 12.5. The summed E-state index contributed by atoms with van der Waals surface area (Å²) in [6.07, 6.45) is 1.91. The van der Waals surface area contributed by atoms with Gasteiger partial charge < -0.3 is 15.5 Å². The zero-order chi connectivity index (χ0) is 23.1. The zero-order valence-electron chi connectivity index (χ0n) is 17.6. The van der Waals surface area contributed by atoms with Crippen LogP contribution in [0, 0.1) is 5.92 Å². The number of nitrogens with one attached hydrogen (secondary N) is 1. The van der Waals surface area contributed by atoms with Crippen molar-refractivity contribution in [3.05, 3.63) is 89.7 Å². The van der Waals surface area contributed by atoms with Crippen LogP contribution < -0.4 is 5.32 Å². The first kappa shape index (κ1) is 22.7. The molecule has 164 valence electrons. The van der Waals surface area contributed by atoms with Crippen LogP contribution in [-0.2, 0) is 11.2 Å². The van der Waals surface area contributed by atoms with Gasteiger partial charge in [-0.1, -0.05) is 61.5 Å².